The van der Waals surface area contributed by atoms with Crippen LogP contribution < -0.4 is 20.1 Å². The Bertz CT molecular complexity index is 2370. The quantitative estimate of drug-likeness (QED) is 0.143. The van der Waals surface area contributed by atoms with Gasteiger partial charge in [0.2, 0.25) is 0 Å². The summed E-state index contributed by atoms with van der Waals surface area (Å²) in [7, 11) is -2.33. The number of fused-ring (bicyclic) bond motifs is 2. The second-order valence-electron chi connectivity index (χ2n) is 17.5. The summed E-state index contributed by atoms with van der Waals surface area (Å²) in [6.07, 6.45) is 10.7. The van der Waals surface area contributed by atoms with Crippen LogP contribution in [0.1, 0.15) is 122 Å². The molecule has 0 radical (unpaired) electrons. The average Bonchev–Trinajstić information content (AvgIpc) is 3.66. The van der Waals surface area contributed by atoms with E-state index in [1.54, 1.807) is 18.4 Å². The van der Waals surface area contributed by atoms with Gasteiger partial charge in [-0.05, 0) is 191 Å². The number of carbonyl (C=O) groups excluding carboxylic acids is 2. The minimum Gasteiger partial charge on any atom is -0.508 e. The lowest BCUT2D eigenvalue weighted by Gasteiger charge is -2.42. The van der Waals surface area contributed by atoms with Gasteiger partial charge in [0, 0.05) is 71.9 Å². The van der Waals surface area contributed by atoms with Crippen molar-refractivity contribution in [3.8, 4) is 17.2 Å². The van der Waals surface area contributed by atoms with Crippen LogP contribution in [0, 0.1) is 0 Å². The first-order valence-electron chi connectivity index (χ1n) is 22.9. The van der Waals surface area contributed by atoms with E-state index in [1.807, 2.05) is 98.2 Å². The molecule has 4 atom stereocenters. The normalized spacial score (nSPS) is 22.6. The highest BCUT2D eigenvalue weighted by Crippen LogP contribution is 2.48. The summed E-state index contributed by atoms with van der Waals surface area (Å²) in [5.74, 6) is 6.02. The molecular weight excluding hydrogens is 809 g/mol. The van der Waals surface area contributed by atoms with Crippen LogP contribution in [-0.2, 0) is 9.52 Å². The molecule has 4 aliphatic rings. The highest BCUT2D eigenvalue weighted by atomic mass is 32.2. The Morgan fingerprint density at radius 3 is 1.94 bits per heavy atom. The van der Waals surface area contributed by atoms with Crippen molar-refractivity contribution in [2.24, 2.45) is 0 Å². The Hall–Kier alpha value is -5.10. The third kappa shape index (κ3) is 10.3. The van der Waals surface area contributed by atoms with Gasteiger partial charge in [0.1, 0.15) is 28.5 Å². The Balaban J connectivity index is 0.000000190. The molecule has 4 aliphatic heterocycles. The van der Waals surface area contributed by atoms with Crippen molar-refractivity contribution < 1.29 is 28.4 Å². The van der Waals surface area contributed by atoms with Crippen molar-refractivity contribution in [1.82, 2.24) is 20.4 Å². The molecular formula is C52H66N4O6S. The number of phenolic OH excluding ortho intramolecular Hbond substituents is 1. The highest BCUT2D eigenvalue weighted by Gasteiger charge is 2.42. The van der Waals surface area contributed by atoms with Crippen molar-refractivity contribution in [3.63, 3.8) is 0 Å². The second kappa shape index (κ2) is 19.7. The molecule has 2 saturated heterocycles. The number of aromatic hydroxyl groups is 1. The maximum Gasteiger partial charge on any atom is 0.253 e. The van der Waals surface area contributed by atoms with E-state index in [4.69, 9.17) is 9.47 Å². The van der Waals surface area contributed by atoms with Crippen LogP contribution in [-0.4, -0.2) is 107 Å². The van der Waals surface area contributed by atoms with Gasteiger partial charge in [0.05, 0.1) is 0 Å². The molecule has 336 valence electrons. The van der Waals surface area contributed by atoms with Crippen LogP contribution in [0.4, 0.5) is 0 Å². The third-order valence-corrected chi connectivity index (χ3v) is 14.5. The van der Waals surface area contributed by atoms with Gasteiger partial charge in [-0.1, -0.05) is 24.3 Å². The van der Waals surface area contributed by atoms with Crippen LogP contribution in [0.2, 0.25) is 0 Å². The Kier molecular flexibility index (Phi) is 14.4. The lowest BCUT2D eigenvalue weighted by Crippen LogP contribution is -2.42. The Morgan fingerprint density at radius 1 is 0.730 bits per heavy atom. The zero-order chi connectivity index (χ0) is 44.8. The van der Waals surface area contributed by atoms with Gasteiger partial charge in [-0.15, -0.1) is 0 Å². The summed E-state index contributed by atoms with van der Waals surface area (Å²) in [4.78, 5) is 29.9. The number of hydrogen-bond donors (Lipinski definition) is 3. The molecule has 11 heteroatoms. The van der Waals surface area contributed by atoms with Gasteiger partial charge < -0.3 is 35.0 Å². The molecule has 0 aromatic heterocycles. The molecule has 4 heterocycles. The first-order valence-corrected chi connectivity index (χ1v) is 25.1. The molecule has 63 heavy (non-hydrogen) atoms. The smallest absolute Gasteiger partial charge is 0.253 e. The number of phenols is 1. The van der Waals surface area contributed by atoms with Gasteiger partial charge >= 0.3 is 0 Å². The van der Waals surface area contributed by atoms with Crippen molar-refractivity contribution in [2.75, 3.05) is 58.6 Å². The van der Waals surface area contributed by atoms with E-state index >= 15 is 0 Å². The zero-order valence-corrected chi connectivity index (χ0v) is 38.7. The second-order valence-corrected chi connectivity index (χ2v) is 20.0. The number of nitrogens with one attached hydrogen (secondary N) is 2. The predicted octanol–water partition coefficient (Wildman–Crippen LogP) is 8.51. The lowest BCUT2D eigenvalue weighted by molar-refractivity contribution is 0.0280. The molecule has 4 aromatic carbocycles. The molecule has 2 amide bonds. The summed E-state index contributed by atoms with van der Waals surface area (Å²) in [5, 5.41) is 17.0. The van der Waals surface area contributed by atoms with Gasteiger partial charge in [-0.3, -0.25) is 13.8 Å². The van der Waals surface area contributed by atoms with E-state index in [1.165, 1.54) is 0 Å². The van der Waals surface area contributed by atoms with Crippen LogP contribution in [0.15, 0.2) is 95.9 Å². The largest absolute Gasteiger partial charge is 0.508 e. The number of ether oxygens (including phenoxy) is 2. The lowest BCUT2D eigenvalue weighted by atomic mass is 9.75. The molecule has 3 N–H and O–H groups in total. The number of carbonyl (C=O) groups is 2. The molecule has 2 fully saturated rings. The molecule has 8 rings (SSSR count). The van der Waals surface area contributed by atoms with Crippen LogP contribution >= 0.6 is 0 Å². The van der Waals surface area contributed by atoms with E-state index in [2.05, 4.69) is 34.7 Å². The van der Waals surface area contributed by atoms with Gasteiger partial charge in [0.15, 0.2) is 0 Å². The van der Waals surface area contributed by atoms with Crippen molar-refractivity contribution in [3.05, 3.63) is 124 Å². The first-order chi connectivity index (χ1) is 30.3. The van der Waals surface area contributed by atoms with E-state index in [-0.39, 0.29) is 34.7 Å². The van der Waals surface area contributed by atoms with Crippen molar-refractivity contribution in [1.29, 1.82) is 0 Å². The number of rotatable bonds is 9. The number of amides is 2. The van der Waals surface area contributed by atoms with Crippen LogP contribution in [0.25, 0.3) is 5.57 Å². The minimum absolute atomic E-state index is 0.0527. The first kappa shape index (κ1) is 45.9. The van der Waals surface area contributed by atoms with Gasteiger partial charge in [-0.2, -0.15) is 0 Å². The standard InChI is InChI=1S/C27H36N2O3S.C25H30N2O3/c1-5-29(6-2)26(30)21-10-8-20(9-11-21)24-19-27(14-7-16-28-17-15-27)32-25-13-12-22(18-23(24)25)33(3,4)31;1-3-27(4-2)24(29)19-8-6-18(7-9-19)22-17-25(12-5-14-26-15-13-25)30-23-11-10-20(28)16-21(22)23/h8-13,18,24,28H,3,5-7,14-17,19H2,1-2,4H3;6-11,16-17,26,28H,3-5,12-15H2,1-2H3. The molecule has 0 aliphatic carbocycles. The van der Waals surface area contributed by atoms with E-state index in [0.717, 1.165) is 115 Å². The minimum atomic E-state index is -2.33. The fourth-order valence-electron chi connectivity index (χ4n) is 9.61. The molecule has 0 bridgehead atoms. The highest BCUT2D eigenvalue weighted by molar-refractivity contribution is 7.99. The molecule has 10 nitrogen and oxygen atoms in total. The third-order valence-electron chi connectivity index (χ3n) is 13.3. The summed E-state index contributed by atoms with van der Waals surface area (Å²) >= 11 is 0. The molecule has 4 unspecified atom stereocenters. The molecule has 4 aromatic rings. The Morgan fingerprint density at radius 2 is 1.32 bits per heavy atom. The number of nitrogens with zero attached hydrogens (tertiary/aromatic N) is 2. The maximum atomic E-state index is 12.8. The van der Waals surface area contributed by atoms with E-state index in [9.17, 15) is 18.9 Å². The monoisotopic (exact) mass is 874 g/mol. The Labute approximate surface area is 375 Å². The summed E-state index contributed by atoms with van der Waals surface area (Å²) in [6, 6.07) is 27.0. The SMILES string of the molecule is C=S(C)(=O)c1ccc2c(c1)C(c1ccc(C(=O)N(CC)CC)cc1)CC1(CCCNCC1)O2.CCN(CC)C(=O)c1ccc(C2=CC3(CCCNCC3)Oc3ccc(O)cc32)cc1. The average molecular weight is 875 g/mol. The topological polar surface area (TPSA) is 120 Å². The van der Waals surface area contributed by atoms with Crippen molar-refractivity contribution >= 4 is 32.8 Å². The van der Waals surface area contributed by atoms with Gasteiger partial charge in [0.25, 0.3) is 11.8 Å². The van der Waals surface area contributed by atoms with Crippen LogP contribution in [0.3, 0.4) is 0 Å². The summed E-state index contributed by atoms with van der Waals surface area (Å²) in [5.41, 5.74) is 6.04. The molecule has 2 spiro atoms. The van der Waals surface area contributed by atoms with Crippen LogP contribution in [0.5, 0.6) is 17.2 Å². The summed E-state index contributed by atoms with van der Waals surface area (Å²) < 4.78 is 25.8. The van der Waals surface area contributed by atoms with Crippen molar-refractivity contribution in [2.45, 2.75) is 94.7 Å². The van der Waals surface area contributed by atoms with E-state index in [0.29, 0.717) is 37.3 Å². The van der Waals surface area contributed by atoms with E-state index < -0.39 is 9.52 Å². The predicted molar refractivity (Wildman–Crippen MR) is 255 cm³/mol. The number of benzene rings is 4. The molecule has 0 saturated carbocycles. The fourth-order valence-corrected chi connectivity index (χ4v) is 10.3. The maximum absolute atomic E-state index is 12.8. The summed E-state index contributed by atoms with van der Waals surface area (Å²) in [6.45, 7) is 14.7. The number of hydrogen-bond acceptors (Lipinski definition) is 8. The van der Waals surface area contributed by atoms with Gasteiger partial charge in [-0.25, -0.2) is 0 Å². The zero-order valence-electron chi connectivity index (χ0n) is 37.8. The fraction of sp³-hybridized carbons (Fsp3) is 0.442.